The van der Waals surface area contributed by atoms with E-state index in [9.17, 15) is 5.11 Å². The summed E-state index contributed by atoms with van der Waals surface area (Å²) in [5.41, 5.74) is 3.42. The van der Waals surface area contributed by atoms with E-state index in [1.165, 1.54) is 21.8 Å². The first-order valence-electron chi connectivity index (χ1n) is 10.3. The summed E-state index contributed by atoms with van der Waals surface area (Å²) in [7, 11) is 4.17. The van der Waals surface area contributed by atoms with Crippen molar-refractivity contribution in [1.29, 1.82) is 0 Å². The number of hydrogen-bond acceptors (Lipinski definition) is 3. The van der Waals surface area contributed by atoms with Gasteiger partial charge in [-0.05, 0) is 32.3 Å². The van der Waals surface area contributed by atoms with Crippen LogP contribution >= 0.6 is 0 Å². The number of hydrogen-bond donors (Lipinski definition) is 2. The van der Waals surface area contributed by atoms with Crippen molar-refractivity contribution < 1.29 is 5.11 Å². The Morgan fingerprint density at radius 3 is 1.69 bits per heavy atom. The number of nitrogens with zero attached hydrogens (tertiary/aromatic N) is 2. The molecule has 1 saturated heterocycles. The molecule has 0 spiro atoms. The molecule has 0 saturated carbocycles. The number of aromatic amines is 1. The largest absolute Gasteiger partial charge is 0.508 e. The van der Waals surface area contributed by atoms with Gasteiger partial charge >= 0.3 is 0 Å². The molecule has 0 amide bonds. The van der Waals surface area contributed by atoms with Crippen LogP contribution in [0.3, 0.4) is 0 Å². The van der Waals surface area contributed by atoms with Crippen molar-refractivity contribution in [3.63, 3.8) is 0 Å². The van der Waals surface area contributed by atoms with Crippen LogP contribution in [0.2, 0.25) is 0 Å². The molecule has 2 heterocycles. The van der Waals surface area contributed by atoms with E-state index in [2.05, 4.69) is 77.4 Å². The summed E-state index contributed by atoms with van der Waals surface area (Å²) in [6, 6.07) is 24.3. The number of aromatic nitrogens is 1. The van der Waals surface area contributed by atoms with Crippen LogP contribution in [0.15, 0.2) is 72.8 Å². The van der Waals surface area contributed by atoms with Gasteiger partial charge in [-0.25, -0.2) is 0 Å². The Morgan fingerprint density at radius 1 is 0.724 bits per heavy atom. The molecule has 1 aliphatic heterocycles. The van der Waals surface area contributed by atoms with Gasteiger partial charge in [0.15, 0.2) is 0 Å². The van der Waals surface area contributed by atoms with Gasteiger partial charge in [0.1, 0.15) is 5.75 Å². The van der Waals surface area contributed by atoms with Crippen molar-refractivity contribution in [2.75, 3.05) is 27.2 Å². The van der Waals surface area contributed by atoms with Crippen molar-refractivity contribution in [3.05, 3.63) is 78.4 Å². The molecule has 0 radical (unpaired) electrons. The van der Waals surface area contributed by atoms with Crippen LogP contribution in [0, 0.1) is 0 Å². The lowest BCUT2D eigenvalue weighted by molar-refractivity contribution is 0.186. The molecule has 29 heavy (non-hydrogen) atoms. The minimum atomic E-state index is 0.219. The molecule has 152 valence electrons. The lowest BCUT2D eigenvalue weighted by atomic mass is 10.1. The summed E-state index contributed by atoms with van der Waals surface area (Å²) in [6.45, 7) is 6.10. The van der Waals surface area contributed by atoms with Crippen LogP contribution < -0.4 is 0 Å². The van der Waals surface area contributed by atoms with E-state index in [1.807, 2.05) is 32.0 Å². The molecule has 1 fully saturated rings. The summed E-state index contributed by atoms with van der Waals surface area (Å²) >= 11 is 0. The highest BCUT2D eigenvalue weighted by Crippen LogP contribution is 2.32. The molecule has 2 N–H and O–H groups in total. The van der Waals surface area contributed by atoms with Crippen molar-refractivity contribution in [3.8, 4) is 5.75 Å². The highest BCUT2D eigenvalue weighted by Gasteiger charge is 2.29. The number of H-pyrrole nitrogens is 1. The normalized spacial score (nSPS) is 15.0. The second kappa shape index (κ2) is 9.59. The first kappa shape index (κ1) is 20.9. The molecule has 1 aliphatic rings. The Morgan fingerprint density at radius 2 is 1.17 bits per heavy atom. The number of rotatable bonds is 1. The summed E-state index contributed by atoms with van der Waals surface area (Å²) < 4.78 is 0. The molecule has 4 aromatic rings. The third kappa shape index (κ3) is 4.44. The third-order valence-corrected chi connectivity index (χ3v) is 5.27. The molecule has 4 nitrogen and oxygen atoms in total. The van der Waals surface area contributed by atoms with E-state index in [4.69, 9.17) is 0 Å². The van der Waals surface area contributed by atoms with Crippen LogP contribution in [0.5, 0.6) is 5.75 Å². The number of para-hydroxylation sites is 3. The van der Waals surface area contributed by atoms with Gasteiger partial charge in [0, 0.05) is 40.5 Å². The zero-order chi connectivity index (χ0) is 20.8. The molecular weight excluding hydrogens is 358 g/mol. The fraction of sp³-hybridized carbons (Fsp3) is 0.280. The van der Waals surface area contributed by atoms with Crippen molar-refractivity contribution in [1.82, 2.24) is 14.8 Å². The number of aromatic hydroxyl groups is 1. The van der Waals surface area contributed by atoms with Crippen LogP contribution in [-0.4, -0.2) is 47.1 Å². The third-order valence-electron chi connectivity index (χ3n) is 5.27. The van der Waals surface area contributed by atoms with E-state index >= 15 is 0 Å². The standard InChI is InChI=1S/C12H9N.C11H16N2O.C2H6/c1-3-7-11-9(5-1)10-6-2-4-8-12(10)13-11;1-12-7-8-13(2)11(12)9-5-3-4-6-10(9)14;1-2/h1-8,13H;3-6,11,14H,7-8H2,1-2H3;1-2H3. The van der Waals surface area contributed by atoms with Gasteiger partial charge in [0.05, 0.1) is 6.17 Å². The molecule has 5 rings (SSSR count). The Hall–Kier alpha value is -2.82. The van der Waals surface area contributed by atoms with E-state index in [1.54, 1.807) is 6.07 Å². The smallest absolute Gasteiger partial charge is 0.121 e. The zero-order valence-electron chi connectivity index (χ0n) is 17.8. The topological polar surface area (TPSA) is 42.5 Å². The van der Waals surface area contributed by atoms with Gasteiger partial charge in [-0.15, -0.1) is 0 Å². The van der Waals surface area contributed by atoms with E-state index in [0.717, 1.165) is 18.7 Å². The number of phenols is 1. The quantitative estimate of drug-likeness (QED) is 0.444. The predicted octanol–water partition coefficient (Wildman–Crippen LogP) is 5.62. The molecule has 3 aromatic carbocycles. The minimum Gasteiger partial charge on any atom is -0.508 e. The lowest BCUT2D eigenvalue weighted by Crippen LogP contribution is -2.25. The van der Waals surface area contributed by atoms with Crippen LogP contribution in [0.1, 0.15) is 25.6 Å². The second-order valence-corrected chi connectivity index (χ2v) is 7.11. The summed E-state index contributed by atoms with van der Waals surface area (Å²) in [6.07, 6.45) is 0.219. The maximum Gasteiger partial charge on any atom is 0.121 e. The average molecular weight is 390 g/mol. The Balaban J connectivity index is 0.000000153. The molecule has 1 aromatic heterocycles. The van der Waals surface area contributed by atoms with Crippen LogP contribution in [0.4, 0.5) is 0 Å². The maximum absolute atomic E-state index is 9.75. The van der Waals surface area contributed by atoms with Crippen molar-refractivity contribution in [2.24, 2.45) is 0 Å². The first-order valence-corrected chi connectivity index (χ1v) is 10.3. The van der Waals surface area contributed by atoms with Gasteiger partial charge in [-0.3, -0.25) is 9.80 Å². The zero-order valence-corrected chi connectivity index (χ0v) is 17.8. The van der Waals surface area contributed by atoms with Crippen molar-refractivity contribution in [2.45, 2.75) is 20.0 Å². The lowest BCUT2D eigenvalue weighted by Gasteiger charge is -2.25. The Kier molecular flexibility index (Phi) is 6.91. The Bertz CT molecular complexity index is 996. The van der Waals surface area contributed by atoms with Crippen LogP contribution in [0.25, 0.3) is 21.8 Å². The maximum atomic E-state index is 9.75. The minimum absolute atomic E-state index is 0.219. The van der Waals surface area contributed by atoms with Crippen molar-refractivity contribution >= 4 is 21.8 Å². The first-order chi connectivity index (χ1) is 14.1. The Labute approximate surface area is 173 Å². The summed E-state index contributed by atoms with van der Waals surface area (Å²) in [5.74, 6) is 0.387. The van der Waals surface area contributed by atoms with Gasteiger partial charge in [-0.2, -0.15) is 0 Å². The molecule has 4 heteroatoms. The fourth-order valence-corrected chi connectivity index (χ4v) is 3.88. The molecule has 0 atom stereocenters. The van der Waals surface area contributed by atoms with Gasteiger partial charge < -0.3 is 10.1 Å². The molecule has 0 unspecified atom stereocenters. The molecule has 0 bridgehead atoms. The van der Waals surface area contributed by atoms with E-state index < -0.39 is 0 Å². The molecular formula is C25H31N3O. The number of likely N-dealkylation sites (N-methyl/N-ethyl adjacent to an activating group) is 2. The van der Waals surface area contributed by atoms with Gasteiger partial charge in [0.2, 0.25) is 0 Å². The predicted molar refractivity (Wildman–Crippen MR) is 123 cm³/mol. The molecule has 0 aliphatic carbocycles. The highest BCUT2D eigenvalue weighted by atomic mass is 16.3. The summed E-state index contributed by atoms with van der Waals surface area (Å²) in [5, 5.41) is 12.4. The summed E-state index contributed by atoms with van der Waals surface area (Å²) in [4.78, 5) is 7.87. The number of fused-ring (bicyclic) bond motifs is 3. The second-order valence-electron chi connectivity index (χ2n) is 7.11. The van der Waals surface area contributed by atoms with Gasteiger partial charge in [0.25, 0.3) is 0 Å². The van der Waals surface area contributed by atoms with E-state index in [-0.39, 0.29) is 6.17 Å². The average Bonchev–Trinajstić information content (AvgIpc) is 3.30. The number of phenolic OH excluding ortho intramolecular Hbond substituents is 1. The fourth-order valence-electron chi connectivity index (χ4n) is 3.88. The number of nitrogens with one attached hydrogen (secondary N) is 1. The highest BCUT2D eigenvalue weighted by molar-refractivity contribution is 6.06. The number of benzene rings is 3. The van der Waals surface area contributed by atoms with E-state index in [0.29, 0.717) is 5.75 Å². The monoisotopic (exact) mass is 389 g/mol. The SMILES string of the molecule is CC.CN1CCN(C)C1c1ccccc1O.c1ccc2c(c1)[nH]c1ccccc12. The van der Waals surface area contributed by atoms with Gasteiger partial charge in [-0.1, -0.05) is 68.4 Å². The van der Waals surface area contributed by atoms with Crippen LogP contribution in [-0.2, 0) is 0 Å².